The first-order chi connectivity index (χ1) is 4.04. The SMILES string of the molecule is O.O.O.O=C(O)CC(O)C(=O)O.[CaH2]. The zero-order chi connectivity index (χ0) is 7.44. The molecule has 1 atom stereocenters. The minimum absolute atomic E-state index is 0. The second kappa shape index (κ2) is 14.6. The Balaban J connectivity index is -0.0000000533. The molecule has 0 rings (SSSR count). The van der Waals surface area contributed by atoms with Crippen LogP contribution in [0.15, 0.2) is 0 Å². The van der Waals surface area contributed by atoms with Crippen LogP contribution in [0.25, 0.3) is 0 Å². The summed E-state index contributed by atoms with van der Waals surface area (Å²) in [5.74, 6) is -2.85. The van der Waals surface area contributed by atoms with Crippen molar-refractivity contribution in [2.45, 2.75) is 12.5 Å². The van der Waals surface area contributed by atoms with Crippen LogP contribution in [-0.2, 0) is 9.59 Å². The zero-order valence-electron chi connectivity index (χ0n) is 5.94. The third kappa shape index (κ3) is 18.8. The van der Waals surface area contributed by atoms with Crippen molar-refractivity contribution < 1.29 is 41.3 Å². The van der Waals surface area contributed by atoms with Gasteiger partial charge in [-0.1, -0.05) is 0 Å². The summed E-state index contributed by atoms with van der Waals surface area (Å²) in [5.41, 5.74) is 0. The van der Waals surface area contributed by atoms with E-state index < -0.39 is 24.5 Å². The van der Waals surface area contributed by atoms with E-state index >= 15 is 0 Å². The first-order valence-electron chi connectivity index (χ1n) is 2.16. The zero-order valence-corrected chi connectivity index (χ0v) is 5.94. The van der Waals surface area contributed by atoms with E-state index in [2.05, 4.69) is 0 Å². The summed E-state index contributed by atoms with van der Waals surface area (Å²) in [6, 6.07) is 0. The molecule has 80 valence electrons. The normalized spacial score (nSPS) is 8.69. The van der Waals surface area contributed by atoms with Crippen LogP contribution in [0.1, 0.15) is 6.42 Å². The van der Waals surface area contributed by atoms with Crippen molar-refractivity contribution >= 4 is 49.7 Å². The van der Waals surface area contributed by atoms with Gasteiger partial charge in [0.25, 0.3) is 0 Å². The molecule has 9 heteroatoms. The number of carbonyl (C=O) groups is 2. The number of aliphatic hydroxyl groups excluding tert-OH is 1. The van der Waals surface area contributed by atoms with E-state index in [1.165, 1.54) is 0 Å². The van der Waals surface area contributed by atoms with Gasteiger partial charge in [-0.2, -0.15) is 0 Å². The number of aliphatic carboxylic acids is 2. The first kappa shape index (κ1) is 29.2. The average Bonchev–Trinajstić information content (AvgIpc) is 1.63. The molecule has 0 heterocycles. The molecule has 0 aliphatic carbocycles. The third-order valence-electron chi connectivity index (χ3n) is 0.653. The Kier molecular flexibility index (Phi) is 32.7. The number of carboxylic acid groups (broad SMARTS) is 2. The summed E-state index contributed by atoms with van der Waals surface area (Å²) in [5, 5.41) is 24.1. The van der Waals surface area contributed by atoms with Crippen LogP contribution in [0.5, 0.6) is 0 Å². The van der Waals surface area contributed by atoms with Gasteiger partial charge in [0.2, 0.25) is 0 Å². The fourth-order valence-electron chi connectivity index (χ4n) is 0.253. The molecule has 0 aromatic rings. The maximum atomic E-state index is 9.72. The minimum atomic E-state index is -1.79. The predicted octanol–water partition coefficient (Wildman–Crippen LogP) is -4.48. The van der Waals surface area contributed by atoms with Gasteiger partial charge >= 0.3 is 49.7 Å². The molecule has 0 bridgehead atoms. The van der Waals surface area contributed by atoms with Crippen LogP contribution < -0.4 is 0 Å². The molecule has 0 aromatic heterocycles. The summed E-state index contributed by atoms with van der Waals surface area (Å²) in [4.78, 5) is 19.4. The number of hydrogen-bond donors (Lipinski definition) is 3. The second-order valence-electron chi connectivity index (χ2n) is 1.45. The van der Waals surface area contributed by atoms with E-state index in [9.17, 15) is 9.59 Å². The molecule has 0 saturated heterocycles. The van der Waals surface area contributed by atoms with E-state index in [4.69, 9.17) is 15.3 Å². The van der Waals surface area contributed by atoms with Gasteiger partial charge in [-0.05, 0) is 0 Å². The maximum absolute atomic E-state index is 9.72. The Morgan fingerprint density at radius 3 is 1.46 bits per heavy atom. The monoisotopic (exact) mass is 230 g/mol. The van der Waals surface area contributed by atoms with E-state index in [1.807, 2.05) is 0 Å². The standard InChI is InChI=1S/C4H6O5.Ca.3H2O.2H/c5-2(4(8)9)1-3(6)7;;;;;;/h2,5H,1H2,(H,6,7)(H,8,9);;3*1H2;;. The summed E-state index contributed by atoms with van der Waals surface area (Å²) >= 11 is 0. The Morgan fingerprint density at radius 1 is 1.08 bits per heavy atom. The number of hydrogen-bond acceptors (Lipinski definition) is 3. The van der Waals surface area contributed by atoms with Gasteiger partial charge in [0, 0.05) is 0 Å². The molecule has 1 unspecified atom stereocenters. The molecule has 0 fully saturated rings. The van der Waals surface area contributed by atoms with Gasteiger partial charge in [0.1, 0.15) is 0 Å². The van der Waals surface area contributed by atoms with Crippen LogP contribution in [0.4, 0.5) is 0 Å². The molecular weight excluding hydrogens is 216 g/mol. The summed E-state index contributed by atoms with van der Waals surface area (Å²) in [6.45, 7) is 0. The van der Waals surface area contributed by atoms with E-state index in [0.717, 1.165) is 0 Å². The molecule has 0 radical (unpaired) electrons. The van der Waals surface area contributed by atoms with Crippen LogP contribution in [-0.4, -0.2) is 87.5 Å². The van der Waals surface area contributed by atoms with Gasteiger partial charge in [0.15, 0.2) is 6.10 Å². The number of aliphatic hydroxyl groups is 1. The first-order valence-corrected chi connectivity index (χ1v) is 2.16. The third-order valence-corrected chi connectivity index (χ3v) is 0.653. The Morgan fingerprint density at radius 2 is 1.38 bits per heavy atom. The molecule has 0 saturated carbocycles. The molecule has 0 aromatic carbocycles. The predicted molar refractivity (Wildman–Crippen MR) is 45.3 cm³/mol. The van der Waals surface area contributed by atoms with Gasteiger partial charge < -0.3 is 31.7 Å². The van der Waals surface area contributed by atoms with Gasteiger partial charge in [0.05, 0.1) is 6.42 Å². The van der Waals surface area contributed by atoms with Crippen molar-refractivity contribution in [3.05, 3.63) is 0 Å². The molecule has 0 aliphatic heterocycles. The molecule has 0 spiro atoms. The van der Waals surface area contributed by atoms with Crippen LogP contribution >= 0.6 is 0 Å². The molecule has 9 N–H and O–H groups in total. The van der Waals surface area contributed by atoms with E-state index in [1.54, 1.807) is 0 Å². The average molecular weight is 230 g/mol. The van der Waals surface area contributed by atoms with Crippen LogP contribution in [0.3, 0.4) is 0 Å². The molecular formula is C4H14CaO8. The molecule has 8 nitrogen and oxygen atoms in total. The van der Waals surface area contributed by atoms with Crippen molar-refractivity contribution in [2.75, 3.05) is 0 Å². The fourth-order valence-corrected chi connectivity index (χ4v) is 0.253. The van der Waals surface area contributed by atoms with Gasteiger partial charge in [-0.25, -0.2) is 4.79 Å². The number of carboxylic acids is 2. The van der Waals surface area contributed by atoms with Crippen molar-refractivity contribution in [2.24, 2.45) is 0 Å². The topological polar surface area (TPSA) is 189 Å². The van der Waals surface area contributed by atoms with Crippen molar-refractivity contribution in [1.82, 2.24) is 0 Å². The second-order valence-corrected chi connectivity index (χ2v) is 1.45. The van der Waals surface area contributed by atoms with Crippen LogP contribution in [0, 0.1) is 0 Å². The quantitative estimate of drug-likeness (QED) is 0.411. The summed E-state index contributed by atoms with van der Waals surface area (Å²) < 4.78 is 0. The van der Waals surface area contributed by atoms with Crippen LogP contribution in [0.2, 0.25) is 0 Å². The van der Waals surface area contributed by atoms with E-state index in [-0.39, 0.29) is 54.2 Å². The van der Waals surface area contributed by atoms with Gasteiger partial charge in [-0.15, -0.1) is 0 Å². The number of rotatable bonds is 3. The van der Waals surface area contributed by atoms with Gasteiger partial charge in [-0.3, -0.25) is 4.79 Å². The summed E-state index contributed by atoms with van der Waals surface area (Å²) in [6.07, 6.45) is -2.54. The van der Waals surface area contributed by atoms with Crippen molar-refractivity contribution in [3.63, 3.8) is 0 Å². The Labute approximate surface area is 103 Å². The summed E-state index contributed by atoms with van der Waals surface area (Å²) in [7, 11) is 0. The van der Waals surface area contributed by atoms with E-state index in [0.29, 0.717) is 0 Å². The molecule has 13 heavy (non-hydrogen) atoms. The molecule has 0 aliphatic rings. The Hall–Kier alpha value is 0.0397. The van der Waals surface area contributed by atoms with Crippen molar-refractivity contribution in [3.8, 4) is 0 Å². The Bertz CT molecular complexity index is 136. The fraction of sp³-hybridized carbons (Fsp3) is 0.500. The van der Waals surface area contributed by atoms with Crippen molar-refractivity contribution in [1.29, 1.82) is 0 Å². The molecule has 0 amide bonds.